The number of hydrogen-bond donors (Lipinski definition) is 3. The molecule has 206 valence electrons. The number of aliphatic hydroxyl groups excluding tert-OH is 1. The third kappa shape index (κ3) is 5.04. The quantitative estimate of drug-likeness (QED) is 0.415. The summed E-state index contributed by atoms with van der Waals surface area (Å²) in [6.45, 7) is 3.34. The smallest absolute Gasteiger partial charge is 0.185 e. The number of carbonyl (C=O) groups excluding carboxylic acids is 1. The Hall–Kier alpha value is -3.34. The molecule has 39 heavy (non-hydrogen) atoms. The molecule has 0 unspecified atom stereocenters. The van der Waals surface area contributed by atoms with Gasteiger partial charge in [-0.2, -0.15) is 0 Å². The minimum Gasteiger partial charge on any atom is -0.490 e. The maximum absolute atomic E-state index is 15.4. The first kappa shape index (κ1) is 27.2. The molecule has 7 nitrogen and oxygen atoms in total. The molecule has 2 aromatic heterocycles. The number of nitrogens with zero attached hydrogens (tertiary/aromatic N) is 2. The van der Waals surface area contributed by atoms with Crippen LogP contribution in [0.15, 0.2) is 36.7 Å². The van der Waals surface area contributed by atoms with Crippen molar-refractivity contribution in [3.05, 3.63) is 76.5 Å². The summed E-state index contributed by atoms with van der Waals surface area (Å²) in [5.41, 5.74) is 4.46. The Morgan fingerprint density at radius 1 is 1.21 bits per heavy atom. The first-order chi connectivity index (χ1) is 18.5. The highest BCUT2D eigenvalue weighted by molar-refractivity contribution is 5.96. The van der Waals surface area contributed by atoms with Crippen molar-refractivity contribution in [1.82, 2.24) is 9.97 Å². The molecule has 0 saturated heterocycles. The number of pyridine rings is 2. The minimum atomic E-state index is -1.52. The first-order valence-electron chi connectivity index (χ1n) is 12.9. The van der Waals surface area contributed by atoms with Gasteiger partial charge in [0.15, 0.2) is 17.3 Å². The number of ether oxygens (including phenoxy) is 1. The Morgan fingerprint density at radius 2 is 1.97 bits per heavy atom. The number of aromatic nitrogens is 2. The van der Waals surface area contributed by atoms with Crippen molar-refractivity contribution in [2.24, 2.45) is 11.7 Å². The second-order valence-electron chi connectivity index (χ2n) is 10.8. The Bertz CT molecular complexity index is 1420. The third-order valence-corrected chi connectivity index (χ3v) is 7.92. The molecule has 0 amide bonds. The second-order valence-corrected chi connectivity index (χ2v) is 10.8. The van der Waals surface area contributed by atoms with Crippen LogP contribution in [0.2, 0.25) is 0 Å². The lowest BCUT2D eigenvalue weighted by atomic mass is 9.74. The molecule has 10 heteroatoms. The fourth-order valence-electron chi connectivity index (χ4n) is 5.69. The van der Waals surface area contributed by atoms with Crippen LogP contribution in [-0.2, 0) is 12.0 Å². The van der Waals surface area contributed by atoms with Gasteiger partial charge in [0.2, 0.25) is 0 Å². The van der Waals surface area contributed by atoms with Gasteiger partial charge in [-0.25, -0.2) is 18.2 Å². The van der Waals surface area contributed by atoms with Gasteiger partial charge in [0, 0.05) is 36.8 Å². The van der Waals surface area contributed by atoms with Crippen LogP contribution in [0.1, 0.15) is 66.2 Å². The van der Waals surface area contributed by atoms with E-state index in [2.05, 4.69) is 9.97 Å². The van der Waals surface area contributed by atoms with Crippen LogP contribution in [0.5, 0.6) is 5.75 Å². The molecule has 0 spiro atoms. The SMILES string of the molecule is C[C@H]1C[C@@H](c2ccncc2CC(=O)c2ccc(F)c(-c3c(F)cc4c(c3F)OCC[C@@]4(C)O)n2)C[C@@H](N)[C@@H]1O. The zero-order chi connectivity index (χ0) is 28.1. The predicted octanol–water partition coefficient (Wildman–Crippen LogP) is 4.18. The number of benzene rings is 1. The monoisotopic (exact) mass is 541 g/mol. The van der Waals surface area contributed by atoms with Gasteiger partial charge in [0.1, 0.15) is 23.0 Å². The van der Waals surface area contributed by atoms with Crippen LogP contribution in [-0.4, -0.2) is 44.7 Å². The van der Waals surface area contributed by atoms with Gasteiger partial charge in [-0.3, -0.25) is 9.78 Å². The number of carbonyl (C=O) groups is 1. The molecule has 1 saturated carbocycles. The van der Waals surface area contributed by atoms with Crippen LogP contribution in [0.25, 0.3) is 11.3 Å². The molecule has 5 rings (SSSR count). The number of ketones is 1. The Balaban J connectivity index is 1.47. The van der Waals surface area contributed by atoms with Crippen LogP contribution >= 0.6 is 0 Å². The van der Waals surface area contributed by atoms with Crippen molar-refractivity contribution >= 4 is 5.78 Å². The average Bonchev–Trinajstić information content (AvgIpc) is 2.89. The Kier molecular flexibility index (Phi) is 7.21. The minimum absolute atomic E-state index is 0.00644. The zero-order valence-corrected chi connectivity index (χ0v) is 21.6. The predicted molar refractivity (Wildman–Crippen MR) is 137 cm³/mol. The number of fused-ring (bicyclic) bond motifs is 1. The van der Waals surface area contributed by atoms with Crippen molar-refractivity contribution in [2.45, 2.75) is 63.2 Å². The highest BCUT2D eigenvalue weighted by Crippen LogP contribution is 2.43. The molecule has 3 heterocycles. The molecular weight excluding hydrogens is 511 g/mol. The summed E-state index contributed by atoms with van der Waals surface area (Å²) in [5.74, 6) is -4.21. The van der Waals surface area contributed by atoms with E-state index < -0.39 is 52.2 Å². The summed E-state index contributed by atoms with van der Waals surface area (Å²) in [5, 5.41) is 20.8. The third-order valence-electron chi connectivity index (χ3n) is 7.92. The number of halogens is 3. The van der Waals surface area contributed by atoms with Gasteiger partial charge in [-0.05, 0) is 67.0 Å². The topological polar surface area (TPSA) is 119 Å². The largest absolute Gasteiger partial charge is 0.490 e. The standard InChI is InChI=1S/C29H30F3N3O4/c1-14-9-15(10-21(33)27(14)37)17-5-7-34-13-16(17)11-23(36)22-4-3-19(30)26(35-22)24-20(31)12-18-28(25(24)32)39-8-6-29(18,2)38/h3-5,7,12-15,21,27,37-38H,6,8-11,33H2,1-2H3/t14-,15+,21+,27+,29+/m0/s1. The lowest BCUT2D eigenvalue weighted by molar-refractivity contribution is 0.0126. The summed E-state index contributed by atoms with van der Waals surface area (Å²) in [7, 11) is 0. The van der Waals surface area contributed by atoms with Gasteiger partial charge < -0.3 is 20.7 Å². The number of Topliss-reactive ketones (excluding diaryl/α,β-unsaturated/α-hetero) is 1. The van der Waals surface area contributed by atoms with E-state index in [1.54, 1.807) is 12.4 Å². The van der Waals surface area contributed by atoms with Crippen molar-refractivity contribution < 1.29 is 32.9 Å². The van der Waals surface area contributed by atoms with Gasteiger partial charge in [0.25, 0.3) is 0 Å². The highest BCUT2D eigenvalue weighted by atomic mass is 19.1. The van der Waals surface area contributed by atoms with Crippen molar-refractivity contribution in [2.75, 3.05) is 6.61 Å². The summed E-state index contributed by atoms with van der Waals surface area (Å²) >= 11 is 0. The lowest BCUT2D eigenvalue weighted by Gasteiger charge is -2.36. The highest BCUT2D eigenvalue weighted by Gasteiger charge is 2.37. The Labute approximate surface area is 223 Å². The fraction of sp³-hybridized carbons (Fsp3) is 0.414. The van der Waals surface area contributed by atoms with Crippen molar-refractivity contribution in [3.8, 4) is 17.0 Å². The van der Waals surface area contributed by atoms with Crippen LogP contribution < -0.4 is 10.5 Å². The summed E-state index contributed by atoms with van der Waals surface area (Å²) < 4.78 is 50.8. The molecule has 2 aliphatic rings. The maximum Gasteiger partial charge on any atom is 0.185 e. The maximum atomic E-state index is 15.4. The second kappa shape index (κ2) is 10.3. The molecule has 3 aromatic rings. The van der Waals surface area contributed by atoms with Gasteiger partial charge >= 0.3 is 0 Å². The summed E-state index contributed by atoms with van der Waals surface area (Å²) in [6, 6.07) is 4.45. The normalized spacial score (nSPS) is 26.6. The molecule has 1 aromatic carbocycles. The fourth-order valence-corrected chi connectivity index (χ4v) is 5.69. The molecule has 5 atom stereocenters. The first-order valence-corrected chi connectivity index (χ1v) is 12.9. The van der Waals surface area contributed by atoms with Crippen LogP contribution in [0.3, 0.4) is 0 Å². The van der Waals surface area contributed by atoms with Gasteiger partial charge in [-0.1, -0.05) is 6.92 Å². The van der Waals surface area contributed by atoms with E-state index in [1.807, 2.05) is 13.0 Å². The molecule has 4 N–H and O–H groups in total. The van der Waals surface area contributed by atoms with Crippen LogP contribution in [0, 0.1) is 23.4 Å². The number of rotatable bonds is 5. The van der Waals surface area contributed by atoms with Gasteiger partial charge in [-0.15, -0.1) is 0 Å². The number of hydrogen-bond acceptors (Lipinski definition) is 7. The van der Waals surface area contributed by atoms with E-state index in [4.69, 9.17) is 10.5 Å². The van der Waals surface area contributed by atoms with E-state index in [-0.39, 0.29) is 48.3 Å². The molecule has 0 bridgehead atoms. The molecular formula is C29H30F3N3O4. The average molecular weight is 542 g/mol. The molecule has 1 fully saturated rings. The van der Waals surface area contributed by atoms with Crippen molar-refractivity contribution in [1.29, 1.82) is 0 Å². The van der Waals surface area contributed by atoms with E-state index in [9.17, 15) is 19.4 Å². The Morgan fingerprint density at radius 3 is 2.72 bits per heavy atom. The summed E-state index contributed by atoms with van der Waals surface area (Å²) in [4.78, 5) is 21.5. The van der Waals surface area contributed by atoms with Crippen molar-refractivity contribution in [3.63, 3.8) is 0 Å². The lowest BCUT2D eigenvalue weighted by Crippen LogP contribution is -2.44. The molecule has 0 radical (unpaired) electrons. The van der Waals surface area contributed by atoms with E-state index >= 15 is 8.78 Å². The van der Waals surface area contributed by atoms with E-state index in [1.165, 1.54) is 13.0 Å². The van der Waals surface area contributed by atoms with E-state index in [0.717, 1.165) is 17.7 Å². The number of nitrogens with two attached hydrogens (primary N) is 1. The van der Waals surface area contributed by atoms with Crippen LogP contribution in [0.4, 0.5) is 13.2 Å². The summed E-state index contributed by atoms with van der Waals surface area (Å²) in [6.07, 6.45) is 3.84. The van der Waals surface area contributed by atoms with E-state index in [0.29, 0.717) is 18.4 Å². The van der Waals surface area contributed by atoms with Gasteiger partial charge in [0.05, 0.1) is 23.9 Å². The molecule has 1 aliphatic heterocycles. The zero-order valence-electron chi connectivity index (χ0n) is 21.6. The number of aliphatic hydroxyl groups is 2. The molecule has 1 aliphatic carbocycles.